The van der Waals surface area contributed by atoms with Crippen LogP contribution in [0.3, 0.4) is 0 Å². The minimum absolute atomic E-state index is 0.173. The zero-order chi connectivity index (χ0) is 14.8. The van der Waals surface area contributed by atoms with E-state index in [0.717, 1.165) is 13.0 Å². The maximum atomic E-state index is 12.0. The molecule has 1 saturated heterocycles. The molecule has 1 aliphatic heterocycles. The number of nitrogens with two attached hydrogens (primary N) is 1. The second-order valence-corrected chi connectivity index (χ2v) is 6.82. The number of nitrogens with one attached hydrogen (secondary N) is 2. The van der Waals surface area contributed by atoms with E-state index in [9.17, 15) is 8.42 Å². The molecule has 7 heteroatoms. The summed E-state index contributed by atoms with van der Waals surface area (Å²) in [6.07, 6.45) is 1.18. The van der Waals surface area contributed by atoms with Gasteiger partial charge >= 0.3 is 0 Å². The molecule has 6 nitrogen and oxygen atoms in total. The van der Waals surface area contributed by atoms with Gasteiger partial charge in [-0.1, -0.05) is 0 Å². The quantitative estimate of drug-likeness (QED) is 0.706. The van der Waals surface area contributed by atoms with Crippen LogP contribution in [-0.4, -0.2) is 34.7 Å². The van der Waals surface area contributed by atoms with Gasteiger partial charge in [0.05, 0.1) is 11.8 Å². The predicted molar refractivity (Wildman–Crippen MR) is 79.1 cm³/mol. The molecule has 0 saturated carbocycles. The molecule has 1 fully saturated rings. The van der Waals surface area contributed by atoms with E-state index in [4.69, 9.17) is 10.5 Å². The van der Waals surface area contributed by atoms with Crippen LogP contribution in [-0.2, 0) is 14.8 Å². The Kier molecular flexibility index (Phi) is 4.52. The number of nitrogen functional groups attached to an aromatic ring is 1. The number of rotatable bonds is 5. The first kappa shape index (κ1) is 15.1. The van der Waals surface area contributed by atoms with Crippen molar-refractivity contribution in [1.82, 2.24) is 4.72 Å². The van der Waals surface area contributed by atoms with E-state index in [0.29, 0.717) is 23.8 Å². The number of ether oxygens (including phenoxy) is 1. The Morgan fingerprint density at radius 1 is 1.45 bits per heavy atom. The molecule has 112 valence electrons. The minimum atomic E-state index is -3.53. The van der Waals surface area contributed by atoms with Crippen molar-refractivity contribution in [2.24, 2.45) is 5.92 Å². The van der Waals surface area contributed by atoms with E-state index in [1.807, 2.05) is 6.92 Å². The van der Waals surface area contributed by atoms with Gasteiger partial charge in [0, 0.05) is 24.8 Å². The third kappa shape index (κ3) is 3.23. The largest absolute Gasteiger partial charge is 0.399 e. The van der Waals surface area contributed by atoms with Crippen LogP contribution >= 0.6 is 0 Å². The molecule has 2 atom stereocenters. The first-order chi connectivity index (χ1) is 9.44. The first-order valence-corrected chi connectivity index (χ1v) is 8.11. The van der Waals surface area contributed by atoms with Gasteiger partial charge in [0.15, 0.2) is 0 Å². The Labute approximate surface area is 119 Å². The maximum absolute atomic E-state index is 12.0. The van der Waals surface area contributed by atoms with Crippen molar-refractivity contribution in [3.05, 3.63) is 18.2 Å². The normalized spacial score (nSPS) is 22.9. The average Bonchev–Trinajstić information content (AvgIpc) is 2.83. The molecule has 2 rings (SSSR count). The van der Waals surface area contributed by atoms with Crippen molar-refractivity contribution in [3.8, 4) is 0 Å². The fourth-order valence-electron chi connectivity index (χ4n) is 2.30. The second-order valence-electron chi connectivity index (χ2n) is 4.97. The van der Waals surface area contributed by atoms with Gasteiger partial charge in [0.2, 0.25) is 10.0 Å². The third-order valence-corrected chi connectivity index (χ3v) is 5.11. The van der Waals surface area contributed by atoms with Crippen LogP contribution in [0.2, 0.25) is 0 Å². The molecule has 0 amide bonds. The molecule has 2 unspecified atom stereocenters. The van der Waals surface area contributed by atoms with Crippen LogP contribution in [0.1, 0.15) is 13.3 Å². The highest BCUT2D eigenvalue weighted by Crippen LogP contribution is 2.26. The predicted octanol–water partition coefficient (Wildman–Crippen LogP) is 1.01. The molecular formula is C13H21N3O3S. The topological polar surface area (TPSA) is 93.5 Å². The van der Waals surface area contributed by atoms with Gasteiger partial charge in [-0.05, 0) is 38.6 Å². The fraction of sp³-hybridized carbons (Fsp3) is 0.538. The van der Waals surface area contributed by atoms with Crippen molar-refractivity contribution in [1.29, 1.82) is 0 Å². The second kappa shape index (κ2) is 5.99. The van der Waals surface area contributed by atoms with Crippen LogP contribution in [0.4, 0.5) is 11.4 Å². The minimum Gasteiger partial charge on any atom is -0.399 e. The van der Waals surface area contributed by atoms with Gasteiger partial charge in [-0.25, -0.2) is 13.1 Å². The summed E-state index contributed by atoms with van der Waals surface area (Å²) < 4.78 is 31.8. The molecule has 1 aromatic carbocycles. The van der Waals surface area contributed by atoms with Gasteiger partial charge in [0.25, 0.3) is 0 Å². The summed E-state index contributed by atoms with van der Waals surface area (Å²) in [7, 11) is -2.15. The smallest absolute Gasteiger partial charge is 0.242 e. The number of benzene rings is 1. The summed E-state index contributed by atoms with van der Waals surface area (Å²) in [6, 6.07) is 4.84. The molecule has 0 bridgehead atoms. The molecular weight excluding hydrogens is 278 g/mol. The van der Waals surface area contributed by atoms with Crippen LogP contribution < -0.4 is 15.8 Å². The van der Waals surface area contributed by atoms with Gasteiger partial charge in [-0.2, -0.15) is 0 Å². The van der Waals surface area contributed by atoms with Crippen molar-refractivity contribution < 1.29 is 13.2 Å². The van der Waals surface area contributed by atoms with E-state index >= 15 is 0 Å². The van der Waals surface area contributed by atoms with E-state index in [2.05, 4.69) is 10.0 Å². The summed E-state index contributed by atoms with van der Waals surface area (Å²) in [5, 5.41) is 3.20. The van der Waals surface area contributed by atoms with Crippen LogP contribution in [0.25, 0.3) is 0 Å². The van der Waals surface area contributed by atoms with Crippen molar-refractivity contribution in [2.75, 3.05) is 31.2 Å². The SMILES string of the molecule is CNS(=O)(=O)c1cc(N)ccc1NCC1CCOC1C. The molecule has 0 radical (unpaired) electrons. The number of sulfonamides is 1. The summed E-state index contributed by atoms with van der Waals surface area (Å²) >= 11 is 0. The summed E-state index contributed by atoms with van der Waals surface area (Å²) in [5.41, 5.74) is 6.66. The zero-order valence-corrected chi connectivity index (χ0v) is 12.5. The van der Waals surface area contributed by atoms with Gasteiger partial charge in [-0.15, -0.1) is 0 Å². The number of hydrogen-bond acceptors (Lipinski definition) is 5. The Bertz CT molecular complexity index is 574. The van der Waals surface area contributed by atoms with E-state index in [-0.39, 0.29) is 11.0 Å². The van der Waals surface area contributed by atoms with Gasteiger partial charge in [0.1, 0.15) is 4.90 Å². The fourth-order valence-corrected chi connectivity index (χ4v) is 3.24. The lowest BCUT2D eigenvalue weighted by Crippen LogP contribution is -2.24. The highest BCUT2D eigenvalue weighted by atomic mass is 32.2. The highest BCUT2D eigenvalue weighted by molar-refractivity contribution is 7.89. The lowest BCUT2D eigenvalue weighted by atomic mass is 10.0. The maximum Gasteiger partial charge on any atom is 0.242 e. The monoisotopic (exact) mass is 299 g/mol. The lowest BCUT2D eigenvalue weighted by Gasteiger charge is -2.18. The lowest BCUT2D eigenvalue weighted by molar-refractivity contribution is 0.108. The number of anilines is 2. The van der Waals surface area contributed by atoms with E-state index in [1.54, 1.807) is 12.1 Å². The van der Waals surface area contributed by atoms with E-state index < -0.39 is 10.0 Å². The Balaban J connectivity index is 2.19. The van der Waals surface area contributed by atoms with Crippen molar-refractivity contribution in [2.45, 2.75) is 24.3 Å². The molecule has 0 aliphatic carbocycles. The zero-order valence-electron chi connectivity index (χ0n) is 11.7. The van der Waals surface area contributed by atoms with Crippen molar-refractivity contribution in [3.63, 3.8) is 0 Å². The molecule has 0 aromatic heterocycles. The Hall–Kier alpha value is -1.31. The molecule has 20 heavy (non-hydrogen) atoms. The van der Waals surface area contributed by atoms with Crippen LogP contribution in [0.5, 0.6) is 0 Å². The van der Waals surface area contributed by atoms with Crippen LogP contribution in [0, 0.1) is 5.92 Å². The first-order valence-electron chi connectivity index (χ1n) is 6.62. The number of hydrogen-bond donors (Lipinski definition) is 3. The Morgan fingerprint density at radius 2 is 2.20 bits per heavy atom. The summed E-state index contributed by atoms with van der Waals surface area (Å²) in [5.74, 6) is 0.387. The molecule has 1 aromatic rings. The molecule has 1 aliphatic rings. The van der Waals surface area contributed by atoms with Gasteiger partial charge < -0.3 is 15.8 Å². The third-order valence-electron chi connectivity index (χ3n) is 3.65. The molecule has 4 N–H and O–H groups in total. The van der Waals surface area contributed by atoms with E-state index in [1.165, 1.54) is 13.1 Å². The average molecular weight is 299 g/mol. The highest BCUT2D eigenvalue weighted by Gasteiger charge is 2.25. The van der Waals surface area contributed by atoms with Crippen LogP contribution in [0.15, 0.2) is 23.1 Å². The van der Waals surface area contributed by atoms with Gasteiger partial charge in [-0.3, -0.25) is 0 Å². The van der Waals surface area contributed by atoms with Crippen molar-refractivity contribution >= 4 is 21.4 Å². The summed E-state index contributed by atoms with van der Waals surface area (Å²) in [6.45, 7) is 3.47. The molecule has 1 heterocycles. The Morgan fingerprint density at radius 3 is 2.80 bits per heavy atom. The summed E-state index contributed by atoms with van der Waals surface area (Å²) in [4.78, 5) is 0.173. The molecule has 0 spiro atoms. The standard InChI is InChI=1S/C13H21N3O3S/c1-9-10(5-6-19-9)8-16-12-4-3-11(14)7-13(12)20(17,18)15-2/h3-4,7,9-10,15-16H,5-6,8,14H2,1-2H3.